The summed E-state index contributed by atoms with van der Waals surface area (Å²) in [5.74, 6) is 5.50. The summed E-state index contributed by atoms with van der Waals surface area (Å²) in [6, 6.07) is 14.9. The molecule has 2 aromatic rings. The van der Waals surface area contributed by atoms with Gasteiger partial charge in [-0.2, -0.15) is 5.26 Å². The Bertz CT molecular complexity index is 998. The van der Waals surface area contributed by atoms with Crippen LogP contribution in [0.2, 0.25) is 0 Å². The fourth-order valence-electron chi connectivity index (χ4n) is 2.71. The van der Waals surface area contributed by atoms with Gasteiger partial charge in [-0.3, -0.25) is 14.5 Å². The lowest BCUT2D eigenvalue weighted by Gasteiger charge is -2.21. The molecule has 27 heavy (non-hydrogen) atoms. The van der Waals surface area contributed by atoms with Gasteiger partial charge in [0.1, 0.15) is 0 Å². The number of carbonyl (C=O) groups is 2. The summed E-state index contributed by atoms with van der Waals surface area (Å²) >= 11 is 1.49. The number of amides is 2. The molecule has 0 radical (unpaired) electrons. The lowest BCUT2D eigenvalue weighted by molar-refractivity contribution is -0.116. The molecule has 2 aromatic carbocycles. The summed E-state index contributed by atoms with van der Waals surface area (Å²) in [5, 5.41) is 11.4. The molecule has 1 aliphatic heterocycles. The highest BCUT2D eigenvalue weighted by Crippen LogP contribution is 2.42. The average Bonchev–Trinajstić information content (AvgIpc) is 2.79. The molecule has 0 aromatic heterocycles. The van der Waals surface area contributed by atoms with Crippen molar-refractivity contribution in [1.29, 1.82) is 5.26 Å². The summed E-state index contributed by atoms with van der Waals surface area (Å²) < 4.78 is 0. The van der Waals surface area contributed by atoms with Gasteiger partial charge in [-0.05, 0) is 37.3 Å². The van der Waals surface area contributed by atoms with Crippen molar-refractivity contribution in [3.05, 3.63) is 48.0 Å². The molecule has 0 atom stereocenters. The molecular weight excluding hydrogens is 358 g/mol. The normalized spacial score (nSPS) is 12.0. The number of anilines is 2. The molecule has 5 nitrogen and oxygen atoms in total. The van der Waals surface area contributed by atoms with E-state index < -0.39 is 0 Å². The van der Waals surface area contributed by atoms with E-state index in [9.17, 15) is 9.59 Å². The number of nitrogens with one attached hydrogen (secondary N) is 1. The summed E-state index contributed by atoms with van der Waals surface area (Å²) in [6.07, 6.45) is 0.330. The number of rotatable bonds is 4. The van der Waals surface area contributed by atoms with Gasteiger partial charge in [0, 0.05) is 28.3 Å². The van der Waals surface area contributed by atoms with Crippen molar-refractivity contribution in [2.45, 2.75) is 29.6 Å². The summed E-state index contributed by atoms with van der Waals surface area (Å²) in [5.41, 5.74) is 2.03. The fourth-order valence-corrected chi connectivity index (χ4v) is 3.83. The maximum absolute atomic E-state index is 13.0. The molecule has 0 saturated heterocycles. The van der Waals surface area contributed by atoms with Crippen LogP contribution in [0.4, 0.5) is 11.4 Å². The highest BCUT2D eigenvalue weighted by atomic mass is 32.2. The largest absolute Gasteiger partial charge is 0.326 e. The second-order valence-corrected chi connectivity index (χ2v) is 6.89. The van der Waals surface area contributed by atoms with Crippen LogP contribution in [-0.2, 0) is 4.79 Å². The standard InChI is InChI=1S/C21H17N3O2S/c1-2-3-13-24-17-11-10-15(23-20(25)9-6-12-22)14-19(17)27-18-8-5-4-7-16(18)21(24)26/h4-5,7-8,10-11,14H,6,9,13H2,1H3,(H,23,25). The van der Waals surface area contributed by atoms with Gasteiger partial charge in [0.15, 0.2) is 0 Å². The highest BCUT2D eigenvalue weighted by Gasteiger charge is 2.26. The van der Waals surface area contributed by atoms with Crippen LogP contribution in [0.25, 0.3) is 0 Å². The van der Waals surface area contributed by atoms with Crippen molar-refractivity contribution in [2.24, 2.45) is 0 Å². The third-order valence-electron chi connectivity index (χ3n) is 3.99. The van der Waals surface area contributed by atoms with E-state index in [0.717, 1.165) is 15.5 Å². The monoisotopic (exact) mass is 375 g/mol. The Labute approximate surface area is 162 Å². The third kappa shape index (κ3) is 4.13. The van der Waals surface area contributed by atoms with Gasteiger partial charge in [0.25, 0.3) is 5.91 Å². The summed E-state index contributed by atoms with van der Waals surface area (Å²) in [4.78, 5) is 28.3. The Balaban J connectivity index is 1.99. The molecule has 0 aliphatic carbocycles. The maximum atomic E-state index is 13.0. The van der Waals surface area contributed by atoms with E-state index in [1.165, 1.54) is 11.8 Å². The first-order valence-electron chi connectivity index (χ1n) is 8.43. The predicted octanol–water partition coefficient (Wildman–Crippen LogP) is 4.06. The molecule has 6 heteroatoms. The Hall–Kier alpha value is -3.22. The van der Waals surface area contributed by atoms with E-state index in [-0.39, 0.29) is 24.7 Å². The minimum Gasteiger partial charge on any atom is -0.326 e. The first-order valence-corrected chi connectivity index (χ1v) is 9.25. The molecule has 0 fully saturated rings. The Morgan fingerprint density at radius 1 is 1.22 bits per heavy atom. The minimum absolute atomic E-state index is 0.0922. The van der Waals surface area contributed by atoms with Crippen LogP contribution in [0.15, 0.2) is 52.3 Å². The van der Waals surface area contributed by atoms with Crippen molar-refractivity contribution in [2.75, 3.05) is 16.8 Å². The molecule has 0 bridgehead atoms. The van der Waals surface area contributed by atoms with Crippen LogP contribution in [-0.4, -0.2) is 18.4 Å². The number of hydrogen-bond acceptors (Lipinski definition) is 4. The quantitative estimate of drug-likeness (QED) is 0.818. The number of nitrogens with zero attached hydrogens (tertiary/aromatic N) is 2. The van der Waals surface area contributed by atoms with Crippen molar-refractivity contribution in [3.8, 4) is 17.9 Å². The number of hydrogen-bond donors (Lipinski definition) is 1. The Kier molecular flexibility index (Phi) is 5.80. The molecule has 0 saturated carbocycles. The molecule has 0 unspecified atom stereocenters. The zero-order valence-electron chi connectivity index (χ0n) is 14.8. The van der Waals surface area contributed by atoms with E-state index in [1.54, 1.807) is 17.9 Å². The van der Waals surface area contributed by atoms with Crippen LogP contribution in [0, 0.1) is 23.2 Å². The highest BCUT2D eigenvalue weighted by molar-refractivity contribution is 7.99. The lowest BCUT2D eigenvalue weighted by atomic mass is 10.1. The molecule has 1 N–H and O–H groups in total. The lowest BCUT2D eigenvalue weighted by Crippen LogP contribution is -2.31. The van der Waals surface area contributed by atoms with Gasteiger partial charge in [0.05, 0.1) is 23.9 Å². The van der Waals surface area contributed by atoms with Crippen LogP contribution < -0.4 is 10.2 Å². The van der Waals surface area contributed by atoms with Gasteiger partial charge in [-0.25, -0.2) is 0 Å². The number of fused-ring (bicyclic) bond motifs is 2. The molecule has 2 amide bonds. The first-order chi connectivity index (χ1) is 13.1. The van der Waals surface area contributed by atoms with E-state index in [0.29, 0.717) is 17.8 Å². The van der Waals surface area contributed by atoms with Crippen LogP contribution in [0.1, 0.15) is 30.1 Å². The van der Waals surface area contributed by atoms with Gasteiger partial charge >= 0.3 is 0 Å². The summed E-state index contributed by atoms with van der Waals surface area (Å²) in [6.45, 7) is 2.04. The van der Waals surface area contributed by atoms with E-state index in [1.807, 2.05) is 42.5 Å². The van der Waals surface area contributed by atoms with E-state index in [2.05, 4.69) is 17.2 Å². The zero-order chi connectivity index (χ0) is 19.2. The van der Waals surface area contributed by atoms with Crippen molar-refractivity contribution in [3.63, 3.8) is 0 Å². The molecule has 0 spiro atoms. The zero-order valence-corrected chi connectivity index (χ0v) is 15.6. The van der Waals surface area contributed by atoms with Crippen molar-refractivity contribution >= 4 is 35.0 Å². The number of carbonyl (C=O) groups excluding carboxylic acids is 2. The van der Waals surface area contributed by atoms with E-state index >= 15 is 0 Å². The first kappa shape index (κ1) is 18.6. The second-order valence-electron chi connectivity index (χ2n) is 5.81. The van der Waals surface area contributed by atoms with Crippen LogP contribution in [0.5, 0.6) is 0 Å². The predicted molar refractivity (Wildman–Crippen MR) is 106 cm³/mol. The third-order valence-corrected chi connectivity index (χ3v) is 5.12. The maximum Gasteiger partial charge on any atom is 0.260 e. The van der Waals surface area contributed by atoms with Crippen LogP contribution >= 0.6 is 11.8 Å². The SMILES string of the molecule is CC#CCN1C(=O)c2ccccc2Sc2cc(NC(=O)CCC#N)ccc21. The molecule has 1 heterocycles. The van der Waals surface area contributed by atoms with Gasteiger partial charge in [0.2, 0.25) is 5.91 Å². The van der Waals surface area contributed by atoms with Crippen molar-refractivity contribution in [1.82, 2.24) is 0 Å². The smallest absolute Gasteiger partial charge is 0.260 e. The van der Waals surface area contributed by atoms with Gasteiger partial charge in [-0.1, -0.05) is 29.8 Å². The number of nitriles is 1. The topological polar surface area (TPSA) is 73.2 Å². The van der Waals surface area contributed by atoms with Gasteiger partial charge < -0.3 is 5.32 Å². The molecular formula is C21H17N3O2S. The summed E-state index contributed by atoms with van der Waals surface area (Å²) in [7, 11) is 0. The van der Waals surface area contributed by atoms with Gasteiger partial charge in [-0.15, -0.1) is 5.92 Å². The second kappa shape index (κ2) is 8.44. The van der Waals surface area contributed by atoms with Crippen LogP contribution in [0.3, 0.4) is 0 Å². The van der Waals surface area contributed by atoms with E-state index in [4.69, 9.17) is 5.26 Å². The molecule has 1 aliphatic rings. The fraction of sp³-hybridized carbons (Fsp3) is 0.190. The average molecular weight is 375 g/mol. The Morgan fingerprint density at radius 2 is 2.04 bits per heavy atom. The molecule has 3 rings (SSSR count). The Morgan fingerprint density at radius 3 is 2.81 bits per heavy atom. The minimum atomic E-state index is -0.208. The number of benzene rings is 2. The molecule has 134 valence electrons. The van der Waals surface area contributed by atoms with Crippen molar-refractivity contribution < 1.29 is 9.59 Å².